The van der Waals surface area contributed by atoms with Gasteiger partial charge in [0.05, 0.1) is 5.56 Å². The fourth-order valence-corrected chi connectivity index (χ4v) is 3.59. The van der Waals surface area contributed by atoms with Crippen LogP contribution in [0.25, 0.3) is 0 Å². The second kappa shape index (κ2) is 11.5. The van der Waals surface area contributed by atoms with Gasteiger partial charge in [0, 0.05) is 30.3 Å². The van der Waals surface area contributed by atoms with Crippen LogP contribution in [0.1, 0.15) is 28.4 Å². The monoisotopic (exact) mass is 587 g/mol. The molecule has 0 bridgehead atoms. The van der Waals surface area contributed by atoms with E-state index in [-0.39, 0.29) is 22.6 Å². The Balaban J connectivity index is 1.95. The number of alkyl halides is 11. The van der Waals surface area contributed by atoms with Crippen LogP contribution in [0.3, 0.4) is 0 Å². The third kappa shape index (κ3) is 7.77. The fourth-order valence-electron chi connectivity index (χ4n) is 3.59. The van der Waals surface area contributed by atoms with Gasteiger partial charge in [0.1, 0.15) is 11.9 Å². The molecule has 3 nitrogen and oxygen atoms in total. The van der Waals surface area contributed by atoms with E-state index >= 15 is 0 Å². The summed E-state index contributed by atoms with van der Waals surface area (Å²) in [6.45, 7) is -0.926. The minimum Gasteiger partial charge on any atom is -0.485 e. The van der Waals surface area contributed by atoms with Gasteiger partial charge in [0.15, 0.2) is 6.10 Å². The number of hydrogen-bond acceptors (Lipinski definition) is 3. The lowest BCUT2D eigenvalue weighted by Gasteiger charge is -2.23. The maximum atomic E-state index is 13.9. The minimum atomic E-state index is -5.89. The van der Waals surface area contributed by atoms with E-state index in [0.717, 1.165) is 24.3 Å². The second-order valence-electron chi connectivity index (χ2n) is 8.67. The molecular weight excluding hydrogens is 567 g/mol. The first-order chi connectivity index (χ1) is 18.4. The quantitative estimate of drug-likeness (QED) is 0.249. The highest BCUT2D eigenvalue weighted by atomic mass is 19.4. The highest BCUT2D eigenvalue weighted by molar-refractivity contribution is 5.48. The van der Waals surface area contributed by atoms with E-state index in [4.69, 9.17) is 9.84 Å². The molecule has 0 amide bonds. The molecule has 0 unspecified atom stereocenters. The average Bonchev–Trinajstić information content (AvgIpc) is 2.85. The van der Waals surface area contributed by atoms with Crippen molar-refractivity contribution in [2.24, 2.45) is 0 Å². The molecule has 0 aromatic heterocycles. The standard InChI is InChI=1S/C26H20F11NO2/c27-23(28,26(35,36)37)17-6-1-4-15(10-17)11-21(16-5-2-7-18(12-16)24(29,30)31)40-20-9-3-8-19(13-20)38-14-22(39)25(32,33)34/h1-10,12-13,21-22,38-39H,11,14H2/t21-,22-/m1/s1. The Kier molecular flexibility index (Phi) is 8.92. The molecule has 218 valence electrons. The molecule has 0 radical (unpaired) electrons. The zero-order chi connectivity index (χ0) is 29.9. The van der Waals surface area contributed by atoms with Gasteiger partial charge in [0.25, 0.3) is 0 Å². The Morgan fingerprint density at radius 3 is 1.98 bits per heavy atom. The number of benzene rings is 3. The molecule has 3 aromatic carbocycles. The van der Waals surface area contributed by atoms with Crippen LogP contribution in [0, 0.1) is 0 Å². The van der Waals surface area contributed by atoms with Crippen molar-refractivity contribution in [3.05, 3.63) is 95.1 Å². The maximum absolute atomic E-state index is 13.9. The van der Waals surface area contributed by atoms with Gasteiger partial charge in [-0.15, -0.1) is 0 Å². The van der Waals surface area contributed by atoms with Crippen molar-refractivity contribution in [2.75, 3.05) is 11.9 Å². The Morgan fingerprint density at radius 2 is 1.35 bits per heavy atom. The van der Waals surface area contributed by atoms with Crippen molar-refractivity contribution in [2.45, 2.75) is 43.1 Å². The number of hydrogen-bond donors (Lipinski definition) is 2. The van der Waals surface area contributed by atoms with Crippen LogP contribution in [0.5, 0.6) is 5.75 Å². The van der Waals surface area contributed by atoms with Crippen molar-refractivity contribution in [3.63, 3.8) is 0 Å². The van der Waals surface area contributed by atoms with Gasteiger partial charge in [-0.1, -0.05) is 36.4 Å². The van der Waals surface area contributed by atoms with Gasteiger partial charge in [-0.2, -0.15) is 48.3 Å². The molecule has 3 rings (SSSR count). The highest BCUT2D eigenvalue weighted by Crippen LogP contribution is 2.44. The van der Waals surface area contributed by atoms with Gasteiger partial charge in [-0.25, -0.2) is 0 Å². The van der Waals surface area contributed by atoms with Crippen LogP contribution < -0.4 is 10.1 Å². The van der Waals surface area contributed by atoms with Crippen LogP contribution in [0.2, 0.25) is 0 Å². The van der Waals surface area contributed by atoms with Crippen LogP contribution in [0.4, 0.5) is 54.0 Å². The predicted molar refractivity (Wildman–Crippen MR) is 122 cm³/mol. The Hall–Kier alpha value is -3.55. The molecule has 0 aliphatic rings. The summed E-state index contributed by atoms with van der Waals surface area (Å²) in [5, 5.41) is 11.5. The molecule has 0 heterocycles. The topological polar surface area (TPSA) is 41.5 Å². The van der Waals surface area contributed by atoms with Crippen molar-refractivity contribution < 1.29 is 58.1 Å². The summed E-state index contributed by atoms with van der Waals surface area (Å²) in [6, 6.07) is 12.1. The zero-order valence-corrected chi connectivity index (χ0v) is 20.0. The summed E-state index contributed by atoms with van der Waals surface area (Å²) in [6.07, 6.45) is -20.1. The summed E-state index contributed by atoms with van der Waals surface area (Å²) >= 11 is 0. The summed E-state index contributed by atoms with van der Waals surface area (Å²) in [7, 11) is 0. The highest BCUT2D eigenvalue weighted by Gasteiger charge is 2.58. The van der Waals surface area contributed by atoms with E-state index in [1.54, 1.807) is 0 Å². The molecule has 0 saturated carbocycles. The van der Waals surface area contributed by atoms with Gasteiger partial charge >= 0.3 is 24.5 Å². The van der Waals surface area contributed by atoms with E-state index in [9.17, 15) is 48.3 Å². The number of aliphatic hydroxyl groups is 1. The van der Waals surface area contributed by atoms with Gasteiger partial charge in [0.2, 0.25) is 0 Å². The Morgan fingerprint density at radius 1 is 0.725 bits per heavy atom. The first-order valence-electron chi connectivity index (χ1n) is 11.3. The van der Waals surface area contributed by atoms with Crippen LogP contribution >= 0.6 is 0 Å². The number of rotatable bonds is 9. The molecule has 3 aromatic rings. The van der Waals surface area contributed by atoms with Crippen LogP contribution in [0.15, 0.2) is 72.8 Å². The smallest absolute Gasteiger partial charge is 0.458 e. The molecule has 2 atom stereocenters. The molecule has 14 heteroatoms. The summed E-state index contributed by atoms with van der Waals surface area (Å²) in [5.41, 5.74) is -2.64. The summed E-state index contributed by atoms with van der Waals surface area (Å²) < 4.78 is 150. The third-order valence-electron chi connectivity index (χ3n) is 5.64. The third-order valence-corrected chi connectivity index (χ3v) is 5.64. The second-order valence-corrected chi connectivity index (χ2v) is 8.67. The molecule has 0 spiro atoms. The van der Waals surface area contributed by atoms with Gasteiger partial charge in [-0.05, 0) is 41.5 Å². The SMILES string of the molecule is O[C@H](CNc1cccc(O[C@H](Cc2cccc(C(F)(F)C(F)(F)F)c2)c2cccc(C(F)(F)F)c2)c1)C(F)(F)F. The molecule has 0 saturated heterocycles. The van der Waals surface area contributed by atoms with Crippen LogP contribution in [-0.2, 0) is 18.5 Å². The molecule has 40 heavy (non-hydrogen) atoms. The average molecular weight is 587 g/mol. The maximum Gasteiger partial charge on any atom is 0.458 e. The first kappa shape index (κ1) is 31.0. The van der Waals surface area contributed by atoms with E-state index in [1.807, 2.05) is 0 Å². The minimum absolute atomic E-state index is 0.0374. The number of halogens is 11. The van der Waals surface area contributed by atoms with Gasteiger partial charge in [-0.3, -0.25) is 0 Å². The first-order valence-corrected chi connectivity index (χ1v) is 11.3. The molecule has 0 aliphatic carbocycles. The molecule has 2 N–H and O–H groups in total. The summed E-state index contributed by atoms with van der Waals surface area (Å²) in [5.74, 6) is -5.28. The molecule has 0 aliphatic heterocycles. The molecule has 0 fully saturated rings. The lowest BCUT2D eigenvalue weighted by molar-refractivity contribution is -0.289. The predicted octanol–water partition coefficient (Wildman–Crippen LogP) is 8.06. The number of ether oxygens (including phenoxy) is 1. The largest absolute Gasteiger partial charge is 0.485 e. The normalized spacial score (nSPS) is 14.5. The van der Waals surface area contributed by atoms with E-state index < -0.39 is 60.8 Å². The van der Waals surface area contributed by atoms with E-state index in [1.165, 1.54) is 36.4 Å². The van der Waals surface area contributed by atoms with Crippen molar-refractivity contribution in [3.8, 4) is 5.75 Å². The van der Waals surface area contributed by atoms with Crippen molar-refractivity contribution in [1.82, 2.24) is 0 Å². The van der Waals surface area contributed by atoms with E-state index in [2.05, 4.69) is 5.32 Å². The summed E-state index contributed by atoms with van der Waals surface area (Å²) in [4.78, 5) is 0. The number of aliphatic hydroxyl groups excluding tert-OH is 1. The van der Waals surface area contributed by atoms with Crippen molar-refractivity contribution in [1.29, 1.82) is 0 Å². The Bertz CT molecular complexity index is 1290. The fraction of sp³-hybridized carbons (Fsp3) is 0.308. The number of nitrogens with one attached hydrogen (secondary N) is 1. The number of anilines is 1. The van der Waals surface area contributed by atoms with E-state index in [0.29, 0.717) is 12.1 Å². The molecular formula is C26H20F11NO2. The lowest BCUT2D eigenvalue weighted by atomic mass is 9.96. The van der Waals surface area contributed by atoms with Gasteiger partial charge < -0.3 is 15.2 Å². The van der Waals surface area contributed by atoms with Crippen LogP contribution in [-0.4, -0.2) is 30.1 Å². The lowest BCUT2D eigenvalue weighted by Crippen LogP contribution is -2.34. The Labute approximate surface area is 220 Å². The van der Waals surface area contributed by atoms with Crippen molar-refractivity contribution >= 4 is 5.69 Å². The zero-order valence-electron chi connectivity index (χ0n) is 20.0.